The van der Waals surface area contributed by atoms with Crippen molar-refractivity contribution in [1.29, 1.82) is 0 Å². The van der Waals surface area contributed by atoms with E-state index in [1.807, 2.05) is 30.5 Å². The number of ether oxygens (including phenoxy) is 1. The van der Waals surface area contributed by atoms with Crippen molar-refractivity contribution in [2.45, 2.75) is 37.6 Å². The third kappa shape index (κ3) is 5.81. The molecule has 7 nitrogen and oxygen atoms in total. The summed E-state index contributed by atoms with van der Waals surface area (Å²) in [6.45, 7) is 0.571. The summed E-state index contributed by atoms with van der Waals surface area (Å²) in [7, 11) is 0. The Balaban J connectivity index is 1.29. The lowest BCUT2D eigenvalue weighted by molar-refractivity contribution is -0.142. The van der Waals surface area contributed by atoms with Crippen LogP contribution in [0.5, 0.6) is 0 Å². The van der Waals surface area contributed by atoms with Gasteiger partial charge in [0.1, 0.15) is 12.6 Å². The Bertz CT molecular complexity index is 1030. The number of carbonyl (C=O) groups is 3. The van der Waals surface area contributed by atoms with E-state index in [1.165, 1.54) is 11.1 Å². The van der Waals surface area contributed by atoms with Crippen LogP contribution in [0.15, 0.2) is 48.5 Å². The van der Waals surface area contributed by atoms with Gasteiger partial charge in [-0.25, -0.2) is 9.59 Å². The predicted molar refractivity (Wildman–Crippen MR) is 136 cm³/mol. The molecule has 186 valence electrons. The number of amides is 2. The third-order valence-electron chi connectivity index (χ3n) is 7.07. The number of benzene rings is 2. The summed E-state index contributed by atoms with van der Waals surface area (Å²) >= 11 is 1.55. The van der Waals surface area contributed by atoms with Gasteiger partial charge in [0, 0.05) is 18.4 Å². The first-order chi connectivity index (χ1) is 17.0. The van der Waals surface area contributed by atoms with Crippen LogP contribution in [-0.4, -0.2) is 54.3 Å². The van der Waals surface area contributed by atoms with Crippen molar-refractivity contribution in [3.8, 4) is 11.1 Å². The molecule has 2 unspecified atom stereocenters. The molecule has 1 fully saturated rings. The lowest BCUT2D eigenvalue weighted by Gasteiger charge is -2.22. The maximum Gasteiger partial charge on any atom is 0.407 e. The molecule has 0 saturated heterocycles. The summed E-state index contributed by atoms with van der Waals surface area (Å²) in [4.78, 5) is 36.8. The zero-order valence-electron chi connectivity index (χ0n) is 19.9. The summed E-state index contributed by atoms with van der Waals surface area (Å²) in [5.74, 6) is -0.943. The zero-order chi connectivity index (χ0) is 24.8. The summed E-state index contributed by atoms with van der Waals surface area (Å²) in [6, 6.07) is 15.5. The standard InChI is InChI=1S/C27H32N2O5S/c1-35-14-13-24(26(31)32)29-25(30)18-12-6-7-17(18)15-28-27(33)34-16-23-21-10-4-2-8-19(21)20-9-3-5-11-22(20)23/h2-5,8-11,17-18,23-24H,6-7,12-16H2,1H3,(H,28,33)(H,29,30)(H,31,32)/t17?,18?,24-/m0/s1. The van der Waals surface area contributed by atoms with Gasteiger partial charge in [0.25, 0.3) is 0 Å². The van der Waals surface area contributed by atoms with E-state index in [4.69, 9.17) is 4.74 Å². The molecule has 2 aliphatic rings. The highest BCUT2D eigenvalue weighted by molar-refractivity contribution is 7.98. The van der Waals surface area contributed by atoms with E-state index in [1.54, 1.807) is 11.8 Å². The summed E-state index contributed by atoms with van der Waals surface area (Å²) in [5.41, 5.74) is 4.66. The van der Waals surface area contributed by atoms with Crippen LogP contribution < -0.4 is 10.6 Å². The maximum absolute atomic E-state index is 12.8. The normalized spacial score (nSPS) is 19.5. The fourth-order valence-electron chi connectivity index (χ4n) is 5.26. The number of thioether (sulfide) groups is 1. The minimum atomic E-state index is -1.02. The first-order valence-electron chi connectivity index (χ1n) is 12.1. The molecule has 3 N–H and O–H groups in total. The van der Waals surface area contributed by atoms with E-state index in [2.05, 4.69) is 34.9 Å². The molecule has 0 heterocycles. The molecule has 2 aromatic rings. The van der Waals surface area contributed by atoms with Crippen molar-refractivity contribution in [2.75, 3.05) is 25.2 Å². The minimum absolute atomic E-state index is 0.00704. The second-order valence-electron chi connectivity index (χ2n) is 9.18. The molecule has 4 rings (SSSR count). The first-order valence-corrected chi connectivity index (χ1v) is 13.5. The van der Waals surface area contributed by atoms with Crippen LogP contribution in [0.3, 0.4) is 0 Å². The number of hydrogen-bond donors (Lipinski definition) is 3. The van der Waals surface area contributed by atoms with E-state index in [9.17, 15) is 19.5 Å². The molecule has 0 aliphatic heterocycles. The number of nitrogens with one attached hydrogen (secondary N) is 2. The quantitative estimate of drug-likeness (QED) is 0.454. The number of aliphatic carboxylic acids is 1. The van der Waals surface area contributed by atoms with Crippen molar-refractivity contribution in [3.05, 3.63) is 59.7 Å². The Morgan fingerprint density at radius 2 is 1.71 bits per heavy atom. The van der Waals surface area contributed by atoms with Gasteiger partial charge in [-0.05, 0) is 59.4 Å². The summed E-state index contributed by atoms with van der Waals surface area (Å²) in [6.07, 6.45) is 4.17. The summed E-state index contributed by atoms with van der Waals surface area (Å²) in [5, 5.41) is 14.9. The van der Waals surface area contributed by atoms with Crippen molar-refractivity contribution < 1.29 is 24.2 Å². The van der Waals surface area contributed by atoms with Crippen LogP contribution in [0.25, 0.3) is 11.1 Å². The van der Waals surface area contributed by atoms with E-state index in [-0.39, 0.29) is 30.3 Å². The molecule has 2 aliphatic carbocycles. The van der Waals surface area contributed by atoms with Gasteiger partial charge in [0.05, 0.1) is 0 Å². The van der Waals surface area contributed by atoms with Crippen LogP contribution in [0.4, 0.5) is 4.79 Å². The Morgan fingerprint density at radius 3 is 2.34 bits per heavy atom. The Hall–Kier alpha value is -3.00. The van der Waals surface area contributed by atoms with E-state index in [0.29, 0.717) is 25.1 Å². The average molecular weight is 497 g/mol. The van der Waals surface area contributed by atoms with Gasteiger partial charge >= 0.3 is 12.1 Å². The first kappa shape index (κ1) is 25.1. The molecular formula is C27H32N2O5S. The monoisotopic (exact) mass is 496 g/mol. The fourth-order valence-corrected chi connectivity index (χ4v) is 5.73. The van der Waals surface area contributed by atoms with Crippen LogP contribution in [0.1, 0.15) is 42.7 Å². The lowest BCUT2D eigenvalue weighted by atomic mass is 9.94. The molecule has 8 heteroatoms. The van der Waals surface area contributed by atoms with Crippen LogP contribution in [0, 0.1) is 11.8 Å². The highest BCUT2D eigenvalue weighted by Crippen LogP contribution is 2.44. The van der Waals surface area contributed by atoms with Crippen molar-refractivity contribution in [3.63, 3.8) is 0 Å². The molecule has 0 aromatic heterocycles. The van der Waals surface area contributed by atoms with Gasteiger partial charge in [0.15, 0.2) is 0 Å². The van der Waals surface area contributed by atoms with Gasteiger partial charge in [-0.15, -0.1) is 0 Å². The Kier molecular flexibility index (Phi) is 8.33. The van der Waals surface area contributed by atoms with Crippen LogP contribution >= 0.6 is 11.8 Å². The second-order valence-corrected chi connectivity index (χ2v) is 10.2. The third-order valence-corrected chi connectivity index (χ3v) is 7.72. The molecule has 3 atom stereocenters. The number of carbonyl (C=O) groups excluding carboxylic acids is 2. The summed E-state index contributed by atoms with van der Waals surface area (Å²) < 4.78 is 5.60. The van der Waals surface area contributed by atoms with Gasteiger partial charge in [-0.3, -0.25) is 4.79 Å². The van der Waals surface area contributed by atoms with E-state index in [0.717, 1.165) is 24.0 Å². The van der Waals surface area contributed by atoms with Crippen LogP contribution in [-0.2, 0) is 14.3 Å². The zero-order valence-corrected chi connectivity index (χ0v) is 20.7. The molecule has 2 aromatic carbocycles. The second kappa shape index (κ2) is 11.6. The van der Waals surface area contributed by atoms with Gasteiger partial charge in [-0.1, -0.05) is 55.0 Å². The maximum atomic E-state index is 12.8. The van der Waals surface area contributed by atoms with Gasteiger partial charge in [-0.2, -0.15) is 11.8 Å². The van der Waals surface area contributed by atoms with E-state index >= 15 is 0 Å². The number of alkyl carbamates (subject to hydrolysis) is 1. The fraction of sp³-hybridized carbons (Fsp3) is 0.444. The topological polar surface area (TPSA) is 105 Å². The molecule has 1 saturated carbocycles. The Morgan fingerprint density at radius 1 is 1.06 bits per heavy atom. The predicted octanol–water partition coefficient (Wildman–Crippen LogP) is 4.26. The van der Waals surface area contributed by atoms with Gasteiger partial charge in [0.2, 0.25) is 5.91 Å². The lowest BCUT2D eigenvalue weighted by Crippen LogP contribution is -2.46. The molecule has 2 amide bonds. The number of hydrogen-bond acceptors (Lipinski definition) is 5. The number of fused-ring (bicyclic) bond motifs is 3. The van der Waals surface area contributed by atoms with Crippen molar-refractivity contribution in [1.82, 2.24) is 10.6 Å². The SMILES string of the molecule is CSCC[C@H](NC(=O)C1CCCC1CNC(=O)OCC1c2ccccc2-c2ccccc21)C(=O)O. The molecule has 0 radical (unpaired) electrons. The van der Waals surface area contributed by atoms with Gasteiger partial charge < -0.3 is 20.5 Å². The highest BCUT2D eigenvalue weighted by Gasteiger charge is 2.35. The molecular weight excluding hydrogens is 464 g/mol. The highest BCUT2D eigenvalue weighted by atomic mass is 32.2. The molecule has 0 bridgehead atoms. The van der Waals surface area contributed by atoms with E-state index < -0.39 is 18.1 Å². The smallest absolute Gasteiger partial charge is 0.407 e. The number of carboxylic acids is 1. The van der Waals surface area contributed by atoms with Crippen LogP contribution in [0.2, 0.25) is 0 Å². The largest absolute Gasteiger partial charge is 0.480 e. The average Bonchev–Trinajstić information content (AvgIpc) is 3.46. The Labute approximate surface area is 210 Å². The molecule has 35 heavy (non-hydrogen) atoms. The minimum Gasteiger partial charge on any atom is -0.480 e. The number of rotatable bonds is 10. The van der Waals surface area contributed by atoms with Crippen molar-refractivity contribution >= 4 is 29.7 Å². The molecule has 0 spiro atoms. The number of carboxylic acid groups (broad SMARTS) is 1. The van der Waals surface area contributed by atoms with Crippen molar-refractivity contribution in [2.24, 2.45) is 11.8 Å².